The first-order valence-electron chi connectivity index (χ1n) is 8.60. The molecule has 0 unspecified atom stereocenters. The van der Waals surface area contributed by atoms with Crippen molar-refractivity contribution in [2.45, 2.75) is 39.3 Å². The summed E-state index contributed by atoms with van der Waals surface area (Å²) in [5, 5.41) is 12.0. The highest BCUT2D eigenvalue weighted by molar-refractivity contribution is 5.75. The van der Waals surface area contributed by atoms with E-state index in [-0.39, 0.29) is 12.1 Å². The molecule has 3 rings (SSSR count). The Kier molecular flexibility index (Phi) is 5.03. The minimum atomic E-state index is -0.681. The summed E-state index contributed by atoms with van der Waals surface area (Å²) in [7, 11) is 0. The molecule has 0 bridgehead atoms. The number of rotatable bonds is 5. The van der Waals surface area contributed by atoms with E-state index in [0.29, 0.717) is 31.6 Å². The maximum absolute atomic E-state index is 12.5. The fourth-order valence-electron chi connectivity index (χ4n) is 3.32. The number of benzene rings is 1. The van der Waals surface area contributed by atoms with Gasteiger partial charge in [0.25, 0.3) is 5.56 Å². The lowest BCUT2D eigenvalue weighted by atomic mass is 10.1. The zero-order valence-electron chi connectivity index (χ0n) is 14.6. The number of aryl methyl sites for hydroxylation is 1. The van der Waals surface area contributed by atoms with Crippen LogP contribution in [0.15, 0.2) is 33.9 Å². The average Bonchev–Trinajstić information content (AvgIpc) is 3.10. The quantitative estimate of drug-likeness (QED) is 0.847. The van der Waals surface area contributed by atoms with Crippen LogP contribution in [0.4, 0.5) is 0 Å². The molecule has 0 aliphatic carbocycles. The molecule has 26 heavy (non-hydrogen) atoms. The third-order valence-electron chi connectivity index (χ3n) is 4.72. The summed E-state index contributed by atoms with van der Waals surface area (Å²) in [6.45, 7) is 2.51. The van der Waals surface area contributed by atoms with E-state index in [4.69, 9.17) is 0 Å². The second-order valence-corrected chi connectivity index (χ2v) is 6.39. The Hall–Kier alpha value is -3.14. The molecule has 1 N–H and O–H groups in total. The molecule has 1 amide bonds. The zero-order chi connectivity index (χ0) is 18.7. The van der Waals surface area contributed by atoms with Crippen LogP contribution in [0.25, 0.3) is 0 Å². The minimum Gasteiger partial charge on any atom is -0.354 e. The predicted molar refractivity (Wildman–Crippen MR) is 95.9 cm³/mol. The molecular weight excluding hydrogens is 332 g/mol. The molecule has 1 aromatic carbocycles. The standard InChI is InChI=1S/C19H20N4O3/c1-13-5-2-3-6-14(13)8-9-21-17(24)12-23-18(25)15(11-20)16-7-4-10-22(16)19(23)26/h2-3,5-6H,4,7-10,12H2,1H3,(H,21,24). The van der Waals surface area contributed by atoms with Crippen LogP contribution in [0.1, 0.15) is 28.8 Å². The fourth-order valence-corrected chi connectivity index (χ4v) is 3.32. The zero-order valence-corrected chi connectivity index (χ0v) is 14.6. The largest absolute Gasteiger partial charge is 0.354 e. The van der Waals surface area contributed by atoms with E-state index in [2.05, 4.69) is 5.32 Å². The second-order valence-electron chi connectivity index (χ2n) is 6.39. The van der Waals surface area contributed by atoms with E-state index in [1.165, 1.54) is 4.57 Å². The molecule has 1 aromatic heterocycles. The van der Waals surface area contributed by atoms with Gasteiger partial charge in [-0.25, -0.2) is 9.36 Å². The van der Waals surface area contributed by atoms with Crippen molar-refractivity contribution in [3.8, 4) is 6.07 Å². The molecule has 1 aliphatic heterocycles. The van der Waals surface area contributed by atoms with Gasteiger partial charge in [0, 0.05) is 18.8 Å². The van der Waals surface area contributed by atoms with Crippen LogP contribution >= 0.6 is 0 Å². The maximum Gasteiger partial charge on any atom is 0.331 e. The average molecular weight is 352 g/mol. The minimum absolute atomic E-state index is 0.0326. The molecule has 7 heteroatoms. The van der Waals surface area contributed by atoms with E-state index in [1.54, 1.807) is 0 Å². The van der Waals surface area contributed by atoms with Crippen LogP contribution in [-0.2, 0) is 30.7 Å². The highest BCUT2D eigenvalue weighted by atomic mass is 16.2. The molecule has 134 valence electrons. The summed E-state index contributed by atoms with van der Waals surface area (Å²) in [6.07, 6.45) is 1.92. The Morgan fingerprint density at radius 1 is 1.31 bits per heavy atom. The fraction of sp³-hybridized carbons (Fsp3) is 0.368. The molecule has 0 saturated heterocycles. The molecule has 0 atom stereocenters. The van der Waals surface area contributed by atoms with E-state index in [9.17, 15) is 19.6 Å². The van der Waals surface area contributed by atoms with Gasteiger partial charge in [0.05, 0.1) is 0 Å². The summed E-state index contributed by atoms with van der Waals surface area (Å²) in [5.74, 6) is -0.416. The summed E-state index contributed by atoms with van der Waals surface area (Å²) in [5.41, 5.74) is 1.53. The van der Waals surface area contributed by atoms with Gasteiger partial charge in [-0.3, -0.25) is 14.2 Å². The van der Waals surface area contributed by atoms with Crippen molar-refractivity contribution < 1.29 is 4.79 Å². The Morgan fingerprint density at radius 2 is 2.08 bits per heavy atom. The normalized spacial score (nSPS) is 12.5. The molecule has 2 aromatic rings. The number of amides is 1. The Labute approximate surface area is 150 Å². The van der Waals surface area contributed by atoms with Gasteiger partial charge < -0.3 is 5.32 Å². The number of aromatic nitrogens is 2. The van der Waals surface area contributed by atoms with E-state index in [0.717, 1.165) is 22.1 Å². The van der Waals surface area contributed by atoms with Crippen molar-refractivity contribution in [3.63, 3.8) is 0 Å². The Morgan fingerprint density at radius 3 is 2.81 bits per heavy atom. The first kappa shape index (κ1) is 17.7. The number of nitrogens with zero attached hydrogens (tertiary/aromatic N) is 3. The van der Waals surface area contributed by atoms with Gasteiger partial charge in [-0.05, 0) is 37.3 Å². The molecular formula is C19H20N4O3. The molecule has 0 fully saturated rings. The van der Waals surface area contributed by atoms with Gasteiger partial charge >= 0.3 is 5.69 Å². The van der Waals surface area contributed by atoms with Gasteiger partial charge in [-0.1, -0.05) is 24.3 Å². The highest BCUT2D eigenvalue weighted by Gasteiger charge is 2.23. The number of hydrogen-bond acceptors (Lipinski definition) is 4. The van der Waals surface area contributed by atoms with Gasteiger partial charge in [0.15, 0.2) is 0 Å². The molecule has 0 spiro atoms. The number of fused-ring (bicyclic) bond motifs is 1. The van der Waals surface area contributed by atoms with Gasteiger partial charge in [-0.15, -0.1) is 0 Å². The molecule has 7 nitrogen and oxygen atoms in total. The molecule has 0 saturated carbocycles. The first-order chi connectivity index (χ1) is 12.5. The van der Waals surface area contributed by atoms with Crippen molar-refractivity contribution in [1.82, 2.24) is 14.5 Å². The Balaban J connectivity index is 1.72. The van der Waals surface area contributed by atoms with Gasteiger partial charge in [0.1, 0.15) is 18.2 Å². The summed E-state index contributed by atoms with van der Waals surface area (Å²) in [6, 6.07) is 9.79. The number of hydrogen-bond donors (Lipinski definition) is 1. The Bertz CT molecular complexity index is 1010. The third-order valence-corrected chi connectivity index (χ3v) is 4.72. The van der Waals surface area contributed by atoms with Gasteiger partial charge in [0.2, 0.25) is 5.91 Å². The van der Waals surface area contributed by atoms with Crippen LogP contribution in [0.5, 0.6) is 0 Å². The van der Waals surface area contributed by atoms with Gasteiger partial charge in [-0.2, -0.15) is 5.26 Å². The SMILES string of the molecule is Cc1ccccc1CCNC(=O)Cn1c(=O)c(C#N)c2n(c1=O)CCC2. The van der Waals surface area contributed by atoms with Crippen molar-refractivity contribution in [1.29, 1.82) is 5.26 Å². The van der Waals surface area contributed by atoms with Crippen molar-refractivity contribution in [3.05, 3.63) is 67.5 Å². The first-order valence-corrected chi connectivity index (χ1v) is 8.60. The second kappa shape index (κ2) is 7.40. The monoisotopic (exact) mass is 352 g/mol. The van der Waals surface area contributed by atoms with Crippen molar-refractivity contribution >= 4 is 5.91 Å². The smallest absolute Gasteiger partial charge is 0.331 e. The molecule has 0 radical (unpaired) electrons. The molecule has 2 heterocycles. The lowest BCUT2D eigenvalue weighted by Crippen LogP contribution is -2.45. The lowest BCUT2D eigenvalue weighted by Gasteiger charge is -2.11. The summed E-state index contributed by atoms with van der Waals surface area (Å²) >= 11 is 0. The third kappa shape index (κ3) is 3.31. The van der Waals surface area contributed by atoms with Crippen LogP contribution in [0, 0.1) is 18.3 Å². The van der Waals surface area contributed by atoms with Crippen molar-refractivity contribution in [2.24, 2.45) is 0 Å². The summed E-state index contributed by atoms with van der Waals surface area (Å²) in [4.78, 5) is 37.1. The van der Waals surface area contributed by atoms with Crippen LogP contribution in [-0.4, -0.2) is 21.6 Å². The van der Waals surface area contributed by atoms with E-state index in [1.807, 2.05) is 37.3 Å². The lowest BCUT2D eigenvalue weighted by molar-refractivity contribution is -0.121. The molecule has 1 aliphatic rings. The summed E-state index contributed by atoms with van der Waals surface area (Å²) < 4.78 is 2.29. The highest BCUT2D eigenvalue weighted by Crippen LogP contribution is 2.13. The predicted octanol–water partition coefficient (Wildman–Crippen LogP) is 0.495. The number of nitrogens with one attached hydrogen (secondary N) is 1. The van der Waals surface area contributed by atoms with E-state index >= 15 is 0 Å². The van der Waals surface area contributed by atoms with Crippen molar-refractivity contribution in [2.75, 3.05) is 6.54 Å². The number of carbonyl (C=O) groups is 1. The van der Waals surface area contributed by atoms with Crippen LogP contribution < -0.4 is 16.6 Å². The number of nitriles is 1. The number of carbonyl (C=O) groups excluding carboxylic acids is 1. The maximum atomic E-state index is 12.5. The van der Waals surface area contributed by atoms with E-state index < -0.39 is 17.2 Å². The topological polar surface area (TPSA) is 96.9 Å². The van der Waals surface area contributed by atoms with Crippen LogP contribution in [0.3, 0.4) is 0 Å². The van der Waals surface area contributed by atoms with Crippen LogP contribution in [0.2, 0.25) is 0 Å².